The van der Waals surface area contributed by atoms with Crippen LogP contribution in [0.2, 0.25) is 0 Å². The Labute approximate surface area is 111 Å². The van der Waals surface area contributed by atoms with Crippen LogP contribution in [0.1, 0.15) is 69.4 Å². The molecule has 0 spiro atoms. The smallest absolute Gasteiger partial charge is 0.0238 e. The van der Waals surface area contributed by atoms with E-state index < -0.39 is 0 Å². The Kier molecular flexibility index (Phi) is 3.10. The van der Waals surface area contributed by atoms with Crippen LogP contribution in [-0.4, -0.2) is 0 Å². The Balaban J connectivity index is 2.60. The minimum atomic E-state index is 0.309. The summed E-state index contributed by atoms with van der Waals surface area (Å²) in [5, 5.41) is 0.320. The van der Waals surface area contributed by atoms with Gasteiger partial charge in [-0.25, -0.2) is 0 Å². The molecule has 0 aromatic heterocycles. The Morgan fingerprint density at radius 2 is 1.53 bits per heavy atom. The van der Waals surface area contributed by atoms with Crippen molar-refractivity contribution in [1.82, 2.24) is 0 Å². The van der Waals surface area contributed by atoms with Gasteiger partial charge >= 0.3 is 0 Å². The summed E-state index contributed by atoms with van der Waals surface area (Å²) in [5.74, 6) is 0. The number of hydrogen-bond acceptors (Lipinski definition) is 1. The van der Waals surface area contributed by atoms with Gasteiger partial charge in [-0.2, -0.15) is 12.6 Å². The van der Waals surface area contributed by atoms with Crippen molar-refractivity contribution >= 4 is 12.6 Å². The van der Waals surface area contributed by atoms with Crippen molar-refractivity contribution in [2.24, 2.45) is 0 Å². The first-order chi connectivity index (χ1) is 7.74. The molecule has 0 amide bonds. The third-order valence-corrected chi connectivity index (χ3v) is 4.66. The zero-order chi connectivity index (χ0) is 12.8. The normalized spacial score (nSPS) is 22.9. The SMILES string of the molecule is C[C@@H](S)c1ccc2c(c1)C(C)(C)CCC2(C)C. The van der Waals surface area contributed by atoms with E-state index in [1.807, 2.05) is 0 Å². The average Bonchev–Trinajstić information content (AvgIpc) is 2.24. The first-order valence-electron chi connectivity index (χ1n) is 6.57. The molecule has 1 aromatic carbocycles. The number of benzene rings is 1. The largest absolute Gasteiger partial charge is 0.171 e. The maximum absolute atomic E-state index is 4.56. The predicted molar refractivity (Wildman–Crippen MR) is 79.1 cm³/mol. The quantitative estimate of drug-likeness (QED) is 0.662. The number of fused-ring (bicyclic) bond motifs is 1. The van der Waals surface area contributed by atoms with Crippen LogP contribution in [0.3, 0.4) is 0 Å². The first kappa shape index (κ1) is 13.0. The number of thiol groups is 1. The van der Waals surface area contributed by atoms with E-state index in [1.54, 1.807) is 0 Å². The van der Waals surface area contributed by atoms with Gasteiger partial charge in [-0.1, -0.05) is 45.9 Å². The molecule has 0 N–H and O–H groups in total. The van der Waals surface area contributed by atoms with Crippen molar-refractivity contribution in [1.29, 1.82) is 0 Å². The Bertz CT molecular complexity index is 427. The average molecular weight is 248 g/mol. The minimum absolute atomic E-state index is 0.309. The van der Waals surface area contributed by atoms with Crippen LogP contribution in [0.25, 0.3) is 0 Å². The topological polar surface area (TPSA) is 0 Å². The van der Waals surface area contributed by atoms with Gasteiger partial charge in [0.2, 0.25) is 0 Å². The Morgan fingerprint density at radius 3 is 2.06 bits per heavy atom. The second-order valence-electron chi connectivity index (χ2n) is 6.75. The molecule has 0 unspecified atom stereocenters. The molecule has 0 radical (unpaired) electrons. The molecular weight excluding hydrogens is 224 g/mol. The second-order valence-corrected chi connectivity index (χ2v) is 7.52. The molecule has 0 nitrogen and oxygen atoms in total. The molecule has 0 bridgehead atoms. The highest BCUT2D eigenvalue weighted by atomic mass is 32.1. The zero-order valence-electron chi connectivity index (χ0n) is 11.7. The number of rotatable bonds is 1. The molecular formula is C16H24S. The van der Waals surface area contributed by atoms with Gasteiger partial charge in [-0.3, -0.25) is 0 Å². The molecule has 0 saturated carbocycles. The van der Waals surface area contributed by atoms with E-state index in [0.29, 0.717) is 16.1 Å². The van der Waals surface area contributed by atoms with E-state index in [4.69, 9.17) is 0 Å². The van der Waals surface area contributed by atoms with Gasteiger partial charge in [0.1, 0.15) is 0 Å². The molecule has 94 valence electrons. The predicted octanol–water partition coefficient (Wildman–Crippen LogP) is 5.03. The van der Waals surface area contributed by atoms with E-state index in [9.17, 15) is 0 Å². The standard InChI is InChI=1S/C16H24S/c1-11(17)12-6-7-13-14(10-12)16(4,5)9-8-15(13,2)3/h6-7,10-11,17H,8-9H2,1-5H3/t11-/m1/s1. The van der Waals surface area contributed by atoms with E-state index >= 15 is 0 Å². The summed E-state index contributed by atoms with van der Waals surface area (Å²) in [7, 11) is 0. The van der Waals surface area contributed by atoms with Gasteiger partial charge in [0.25, 0.3) is 0 Å². The van der Waals surface area contributed by atoms with Gasteiger partial charge in [-0.15, -0.1) is 0 Å². The van der Waals surface area contributed by atoms with E-state index in [1.165, 1.54) is 29.5 Å². The van der Waals surface area contributed by atoms with Crippen molar-refractivity contribution in [2.75, 3.05) is 0 Å². The minimum Gasteiger partial charge on any atom is -0.171 e. The maximum atomic E-state index is 4.56. The lowest BCUT2D eigenvalue weighted by Crippen LogP contribution is -2.33. The lowest BCUT2D eigenvalue weighted by molar-refractivity contribution is 0.331. The summed E-state index contributed by atoms with van der Waals surface area (Å²) in [4.78, 5) is 0. The molecule has 17 heavy (non-hydrogen) atoms. The summed E-state index contributed by atoms with van der Waals surface area (Å²) >= 11 is 4.56. The molecule has 0 aliphatic heterocycles. The second kappa shape index (κ2) is 4.05. The van der Waals surface area contributed by atoms with Crippen LogP contribution in [0.15, 0.2) is 18.2 Å². The molecule has 1 heteroatoms. The van der Waals surface area contributed by atoms with E-state index in [-0.39, 0.29) is 0 Å². The first-order valence-corrected chi connectivity index (χ1v) is 7.09. The summed E-state index contributed by atoms with van der Waals surface area (Å²) in [6.07, 6.45) is 2.56. The van der Waals surface area contributed by atoms with Crippen LogP contribution in [-0.2, 0) is 10.8 Å². The van der Waals surface area contributed by atoms with Gasteiger partial charge in [-0.05, 0) is 47.3 Å². The zero-order valence-corrected chi connectivity index (χ0v) is 12.6. The lowest BCUT2D eigenvalue weighted by atomic mass is 9.63. The highest BCUT2D eigenvalue weighted by molar-refractivity contribution is 7.80. The van der Waals surface area contributed by atoms with E-state index in [2.05, 4.69) is 65.4 Å². The molecule has 1 aliphatic carbocycles. The Morgan fingerprint density at radius 1 is 1.00 bits per heavy atom. The van der Waals surface area contributed by atoms with Crippen molar-refractivity contribution in [2.45, 2.75) is 63.5 Å². The highest BCUT2D eigenvalue weighted by Crippen LogP contribution is 2.46. The molecule has 1 aliphatic rings. The van der Waals surface area contributed by atoms with Crippen LogP contribution >= 0.6 is 12.6 Å². The molecule has 0 heterocycles. The third-order valence-electron chi connectivity index (χ3n) is 4.36. The fourth-order valence-electron chi connectivity index (χ4n) is 2.87. The molecule has 1 atom stereocenters. The summed E-state index contributed by atoms with van der Waals surface area (Å²) in [6, 6.07) is 6.96. The molecule has 2 rings (SSSR count). The molecule has 0 fully saturated rings. The third kappa shape index (κ3) is 2.27. The van der Waals surface area contributed by atoms with Gasteiger partial charge in [0, 0.05) is 5.25 Å². The van der Waals surface area contributed by atoms with E-state index in [0.717, 1.165) is 0 Å². The van der Waals surface area contributed by atoms with Crippen molar-refractivity contribution in [3.05, 3.63) is 34.9 Å². The Hall–Kier alpha value is -0.430. The fourth-order valence-corrected chi connectivity index (χ4v) is 3.03. The van der Waals surface area contributed by atoms with Crippen molar-refractivity contribution in [3.63, 3.8) is 0 Å². The molecule has 1 aromatic rings. The van der Waals surface area contributed by atoms with Crippen LogP contribution in [0.5, 0.6) is 0 Å². The van der Waals surface area contributed by atoms with Crippen molar-refractivity contribution < 1.29 is 0 Å². The maximum Gasteiger partial charge on any atom is 0.0238 e. The number of hydrogen-bond donors (Lipinski definition) is 1. The van der Waals surface area contributed by atoms with Crippen molar-refractivity contribution in [3.8, 4) is 0 Å². The van der Waals surface area contributed by atoms with Gasteiger partial charge in [0.15, 0.2) is 0 Å². The highest BCUT2D eigenvalue weighted by Gasteiger charge is 2.36. The van der Waals surface area contributed by atoms with Crippen LogP contribution in [0, 0.1) is 0 Å². The van der Waals surface area contributed by atoms with Crippen LogP contribution in [0.4, 0.5) is 0 Å². The molecule has 0 saturated heterocycles. The van der Waals surface area contributed by atoms with Gasteiger partial charge in [0.05, 0.1) is 0 Å². The van der Waals surface area contributed by atoms with Crippen LogP contribution < -0.4 is 0 Å². The summed E-state index contributed by atoms with van der Waals surface area (Å²) in [5.41, 5.74) is 5.05. The fraction of sp³-hybridized carbons (Fsp3) is 0.625. The lowest BCUT2D eigenvalue weighted by Gasteiger charge is -2.42. The summed E-state index contributed by atoms with van der Waals surface area (Å²) < 4.78 is 0. The van der Waals surface area contributed by atoms with Gasteiger partial charge < -0.3 is 0 Å². The monoisotopic (exact) mass is 248 g/mol. The summed E-state index contributed by atoms with van der Waals surface area (Å²) in [6.45, 7) is 11.6.